The van der Waals surface area contributed by atoms with Crippen LogP contribution >= 0.6 is 0 Å². The predicted molar refractivity (Wildman–Crippen MR) is 120 cm³/mol. The maximum Gasteiger partial charge on any atom is 0.126 e. The number of hydrogen-bond acceptors (Lipinski definition) is 4. The fourth-order valence-electron chi connectivity index (χ4n) is 4.14. The van der Waals surface area contributed by atoms with Gasteiger partial charge in [0.2, 0.25) is 0 Å². The number of phenols is 1. The van der Waals surface area contributed by atoms with Gasteiger partial charge in [-0.3, -0.25) is 0 Å². The first-order valence-corrected chi connectivity index (χ1v) is 10.5. The number of rotatable bonds is 7. The number of phenolic OH excluding ortho intramolecular Hbond substituents is 1. The van der Waals surface area contributed by atoms with Crippen molar-refractivity contribution < 1.29 is 14.6 Å². The molecule has 4 heteroatoms. The monoisotopic (exact) mass is 403 g/mol. The van der Waals surface area contributed by atoms with E-state index in [0.717, 1.165) is 30.0 Å². The van der Waals surface area contributed by atoms with Crippen LogP contribution in [-0.2, 0) is 0 Å². The van der Waals surface area contributed by atoms with Crippen molar-refractivity contribution in [2.75, 3.05) is 33.9 Å². The number of ether oxygens (including phenoxy) is 2. The summed E-state index contributed by atoms with van der Waals surface area (Å²) in [5.74, 6) is 2.24. The van der Waals surface area contributed by atoms with E-state index < -0.39 is 0 Å². The van der Waals surface area contributed by atoms with Crippen LogP contribution in [0.2, 0.25) is 0 Å². The second kappa shape index (κ2) is 9.23. The van der Waals surface area contributed by atoms with Gasteiger partial charge < -0.3 is 19.5 Å². The Labute approximate surface area is 178 Å². The van der Waals surface area contributed by atoms with Gasteiger partial charge in [-0.25, -0.2) is 0 Å². The molecule has 1 N–H and O–H groups in total. The summed E-state index contributed by atoms with van der Waals surface area (Å²) in [6.45, 7) is 2.31. The van der Waals surface area contributed by atoms with Crippen molar-refractivity contribution in [2.45, 2.75) is 18.3 Å². The highest BCUT2D eigenvalue weighted by Gasteiger charge is 2.33. The van der Waals surface area contributed by atoms with Crippen LogP contribution in [0.15, 0.2) is 72.8 Å². The molecule has 0 fully saturated rings. The molecule has 3 aromatic rings. The van der Waals surface area contributed by atoms with Gasteiger partial charge in [0.05, 0.1) is 13.2 Å². The van der Waals surface area contributed by atoms with E-state index in [1.54, 1.807) is 12.1 Å². The molecule has 0 aromatic heterocycles. The number of benzene rings is 3. The zero-order chi connectivity index (χ0) is 20.9. The lowest BCUT2D eigenvalue weighted by Gasteiger charge is -2.34. The molecule has 1 heterocycles. The highest BCUT2D eigenvalue weighted by atomic mass is 16.5. The lowest BCUT2D eigenvalue weighted by molar-refractivity contribution is 0.247. The van der Waals surface area contributed by atoms with E-state index in [1.165, 1.54) is 11.1 Å². The first-order valence-electron chi connectivity index (χ1n) is 10.5. The minimum absolute atomic E-state index is 0.152. The molecule has 3 aromatic carbocycles. The molecule has 4 rings (SSSR count). The summed E-state index contributed by atoms with van der Waals surface area (Å²) < 4.78 is 12.0. The van der Waals surface area contributed by atoms with Crippen molar-refractivity contribution in [2.24, 2.45) is 0 Å². The van der Waals surface area contributed by atoms with Crippen LogP contribution in [0.1, 0.15) is 34.9 Å². The maximum atomic E-state index is 9.90. The van der Waals surface area contributed by atoms with Gasteiger partial charge in [0, 0.05) is 30.0 Å². The Balaban J connectivity index is 1.60. The van der Waals surface area contributed by atoms with Crippen molar-refractivity contribution in [3.63, 3.8) is 0 Å². The molecule has 0 radical (unpaired) electrons. The average Bonchev–Trinajstić information content (AvgIpc) is 2.77. The topological polar surface area (TPSA) is 41.9 Å². The average molecular weight is 404 g/mol. The lowest BCUT2D eigenvalue weighted by Crippen LogP contribution is -2.25. The van der Waals surface area contributed by atoms with Gasteiger partial charge in [-0.05, 0) is 49.8 Å². The van der Waals surface area contributed by atoms with E-state index in [-0.39, 0.29) is 17.6 Å². The molecule has 0 saturated heterocycles. The van der Waals surface area contributed by atoms with Gasteiger partial charge in [0.15, 0.2) is 0 Å². The largest absolute Gasteiger partial charge is 0.508 e. The van der Waals surface area contributed by atoms with E-state index >= 15 is 0 Å². The minimum atomic E-state index is 0.152. The summed E-state index contributed by atoms with van der Waals surface area (Å²) in [6.07, 6.45) is 1.00. The van der Waals surface area contributed by atoms with Crippen LogP contribution in [0, 0.1) is 0 Å². The molecular weight excluding hydrogens is 374 g/mol. The van der Waals surface area contributed by atoms with E-state index in [1.807, 2.05) is 12.1 Å². The highest BCUT2D eigenvalue weighted by Crippen LogP contribution is 2.47. The Morgan fingerprint density at radius 3 is 2.47 bits per heavy atom. The second-order valence-electron chi connectivity index (χ2n) is 8.10. The standard InChI is InChI=1S/C26H29NO3/c1-27(2)15-6-16-29-22-12-9-20(10-13-22)26-23-14-11-21(28)17-25(23)30-18-24(26)19-7-4-3-5-8-19/h3-5,7-14,17,24,26,28H,6,15-16,18H2,1-2H3/t24-,26+/m1/s1. The fourth-order valence-corrected chi connectivity index (χ4v) is 4.14. The molecule has 0 aliphatic carbocycles. The van der Waals surface area contributed by atoms with Gasteiger partial charge in [0.1, 0.15) is 17.2 Å². The van der Waals surface area contributed by atoms with Gasteiger partial charge >= 0.3 is 0 Å². The SMILES string of the molecule is CN(C)CCCOc1ccc([C@H]2c3ccc(O)cc3OC[C@@H]2c2ccccc2)cc1. The molecule has 0 amide bonds. The summed E-state index contributed by atoms with van der Waals surface area (Å²) in [4.78, 5) is 2.16. The van der Waals surface area contributed by atoms with Crippen LogP contribution < -0.4 is 9.47 Å². The Hall–Kier alpha value is -2.98. The fraction of sp³-hybridized carbons (Fsp3) is 0.308. The molecule has 4 nitrogen and oxygen atoms in total. The first-order chi connectivity index (χ1) is 14.6. The van der Waals surface area contributed by atoms with E-state index in [4.69, 9.17) is 9.47 Å². The summed E-state index contributed by atoms with van der Waals surface area (Å²) in [5, 5.41) is 9.90. The van der Waals surface area contributed by atoms with Crippen LogP contribution in [-0.4, -0.2) is 43.9 Å². The van der Waals surface area contributed by atoms with Gasteiger partial charge in [-0.15, -0.1) is 0 Å². The van der Waals surface area contributed by atoms with Crippen molar-refractivity contribution in [3.05, 3.63) is 89.5 Å². The molecule has 2 atom stereocenters. The van der Waals surface area contributed by atoms with E-state index in [2.05, 4.69) is 67.5 Å². The Kier molecular flexibility index (Phi) is 6.24. The maximum absolute atomic E-state index is 9.90. The molecule has 0 spiro atoms. The third-order valence-corrected chi connectivity index (χ3v) is 5.64. The number of aromatic hydroxyl groups is 1. The number of nitrogens with zero attached hydrogens (tertiary/aromatic N) is 1. The van der Waals surface area contributed by atoms with Crippen LogP contribution in [0.4, 0.5) is 0 Å². The molecule has 30 heavy (non-hydrogen) atoms. The molecule has 0 unspecified atom stereocenters. The van der Waals surface area contributed by atoms with Crippen molar-refractivity contribution >= 4 is 0 Å². The third-order valence-electron chi connectivity index (χ3n) is 5.64. The normalized spacial score (nSPS) is 18.0. The van der Waals surface area contributed by atoms with E-state index in [9.17, 15) is 5.11 Å². The smallest absolute Gasteiger partial charge is 0.126 e. The predicted octanol–water partition coefficient (Wildman–Crippen LogP) is 5.03. The Morgan fingerprint density at radius 2 is 1.73 bits per heavy atom. The van der Waals surface area contributed by atoms with Gasteiger partial charge in [0.25, 0.3) is 0 Å². The summed E-state index contributed by atoms with van der Waals surface area (Å²) in [6, 6.07) is 24.4. The van der Waals surface area contributed by atoms with Gasteiger partial charge in [-0.1, -0.05) is 48.5 Å². The Bertz CT molecular complexity index is 954. The summed E-state index contributed by atoms with van der Waals surface area (Å²) >= 11 is 0. The van der Waals surface area contributed by atoms with Crippen molar-refractivity contribution in [1.82, 2.24) is 4.90 Å². The highest BCUT2D eigenvalue weighted by molar-refractivity contribution is 5.50. The molecule has 0 saturated carbocycles. The molecular formula is C26H29NO3. The number of hydrogen-bond donors (Lipinski definition) is 1. The van der Waals surface area contributed by atoms with E-state index in [0.29, 0.717) is 13.2 Å². The molecule has 1 aliphatic heterocycles. The van der Waals surface area contributed by atoms with Crippen LogP contribution in [0.5, 0.6) is 17.2 Å². The second-order valence-corrected chi connectivity index (χ2v) is 8.10. The quantitative estimate of drug-likeness (QED) is 0.562. The summed E-state index contributed by atoms with van der Waals surface area (Å²) in [7, 11) is 4.15. The Morgan fingerprint density at radius 1 is 0.967 bits per heavy atom. The molecule has 1 aliphatic rings. The number of fused-ring (bicyclic) bond motifs is 1. The first kappa shape index (κ1) is 20.3. The van der Waals surface area contributed by atoms with Crippen molar-refractivity contribution in [3.8, 4) is 17.2 Å². The zero-order valence-corrected chi connectivity index (χ0v) is 17.6. The van der Waals surface area contributed by atoms with Gasteiger partial charge in [-0.2, -0.15) is 0 Å². The van der Waals surface area contributed by atoms with Crippen molar-refractivity contribution in [1.29, 1.82) is 0 Å². The third kappa shape index (κ3) is 4.60. The van der Waals surface area contributed by atoms with Crippen LogP contribution in [0.25, 0.3) is 0 Å². The molecule has 156 valence electrons. The lowest BCUT2D eigenvalue weighted by atomic mass is 9.76. The minimum Gasteiger partial charge on any atom is -0.508 e. The zero-order valence-electron chi connectivity index (χ0n) is 17.6. The molecule has 0 bridgehead atoms. The van der Waals surface area contributed by atoms with Crippen LogP contribution in [0.3, 0.4) is 0 Å². The summed E-state index contributed by atoms with van der Waals surface area (Å²) in [5.41, 5.74) is 3.58.